The van der Waals surface area contributed by atoms with E-state index in [9.17, 15) is 19.5 Å². The van der Waals surface area contributed by atoms with E-state index in [1.54, 1.807) is 24.3 Å². The quantitative estimate of drug-likeness (QED) is 0.714. The van der Waals surface area contributed by atoms with Crippen LogP contribution in [0.1, 0.15) is 23.2 Å². The number of carboxylic acids is 1. The number of rotatable bonds is 4. The van der Waals surface area contributed by atoms with E-state index < -0.39 is 12.0 Å². The number of likely N-dealkylation sites (tertiary alicyclic amines) is 1. The van der Waals surface area contributed by atoms with Gasteiger partial charge in [-0.25, -0.2) is 4.79 Å². The van der Waals surface area contributed by atoms with Crippen LogP contribution >= 0.6 is 0 Å². The maximum Gasteiger partial charge on any atom is 0.326 e. The van der Waals surface area contributed by atoms with Gasteiger partial charge in [0.15, 0.2) is 0 Å². The molecule has 1 saturated heterocycles. The van der Waals surface area contributed by atoms with E-state index in [-0.39, 0.29) is 37.4 Å². The van der Waals surface area contributed by atoms with E-state index >= 15 is 0 Å². The Kier molecular flexibility index (Phi) is 5.11. The van der Waals surface area contributed by atoms with Crippen LogP contribution < -0.4 is 11.1 Å². The van der Waals surface area contributed by atoms with Crippen LogP contribution in [0, 0.1) is 0 Å². The molecule has 0 aromatic heterocycles. The van der Waals surface area contributed by atoms with Gasteiger partial charge in [0.25, 0.3) is 5.91 Å². The second-order valence-corrected chi connectivity index (χ2v) is 5.21. The predicted octanol–water partition coefficient (Wildman–Crippen LogP) is -0.181. The van der Waals surface area contributed by atoms with E-state index in [4.69, 9.17) is 5.73 Å². The molecule has 0 aliphatic carbocycles. The number of aliphatic carboxylic acids is 1. The number of piperidine rings is 1. The Balaban J connectivity index is 2.02. The van der Waals surface area contributed by atoms with Crippen molar-refractivity contribution in [1.29, 1.82) is 0 Å². The van der Waals surface area contributed by atoms with Crippen molar-refractivity contribution in [2.45, 2.75) is 24.9 Å². The first-order valence-corrected chi connectivity index (χ1v) is 7.11. The molecule has 0 saturated carbocycles. The van der Waals surface area contributed by atoms with E-state index in [1.165, 1.54) is 4.90 Å². The second kappa shape index (κ2) is 7.04. The van der Waals surface area contributed by atoms with Crippen molar-refractivity contribution in [2.24, 2.45) is 5.73 Å². The summed E-state index contributed by atoms with van der Waals surface area (Å²) in [6, 6.07) is 7.48. The standard InChI is InChI=1S/C15H19N3O4/c16-9-13(19)18-7-6-11(8-12(18)15(21)22)17-14(20)10-4-2-1-3-5-10/h1-5,11-12H,6-9,16H2,(H,17,20)(H,21,22)/t11-,12-/m0/s1. The monoisotopic (exact) mass is 305 g/mol. The molecule has 0 spiro atoms. The van der Waals surface area contributed by atoms with Crippen molar-refractivity contribution in [3.8, 4) is 0 Å². The van der Waals surface area contributed by atoms with E-state index in [1.807, 2.05) is 6.07 Å². The average molecular weight is 305 g/mol. The van der Waals surface area contributed by atoms with E-state index in [0.29, 0.717) is 12.0 Å². The largest absolute Gasteiger partial charge is 0.480 e. The van der Waals surface area contributed by atoms with Gasteiger partial charge >= 0.3 is 5.97 Å². The molecule has 2 amide bonds. The summed E-state index contributed by atoms with van der Waals surface area (Å²) in [5.74, 6) is -1.71. The summed E-state index contributed by atoms with van der Waals surface area (Å²) in [6.45, 7) is 0.0531. The van der Waals surface area contributed by atoms with Crippen LogP contribution in [0.15, 0.2) is 30.3 Å². The fourth-order valence-corrected chi connectivity index (χ4v) is 2.60. The van der Waals surface area contributed by atoms with Gasteiger partial charge in [-0.3, -0.25) is 9.59 Å². The highest BCUT2D eigenvalue weighted by atomic mass is 16.4. The summed E-state index contributed by atoms with van der Waals surface area (Å²) in [5, 5.41) is 12.1. The van der Waals surface area contributed by atoms with Crippen LogP contribution in [-0.4, -0.2) is 53.0 Å². The second-order valence-electron chi connectivity index (χ2n) is 5.21. The lowest BCUT2D eigenvalue weighted by Crippen LogP contribution is -2.56. The molecule has 1 aromatic carbocycles. The molecule has 0 bridgehead atoms. The topological polar surface area (TPSA) is 113 Å². The van der Waals surface area contributed by atoms with Gasteiger partial charge in [-0.2, -0.15) is 0 Å². The molecule has 1 fully saturated rings. The van der Waals surface area contributed by atoms with Crippen LogP contribution in [0.3, 0.4) is 0 Å². The SMILES string of the molecule is NCC(=O)N1CC[C@H](NC(=O)c2ccccc2)C[C@H]1C(=O)O. The van der Waals surface area contributed by atoms with E-state index in [2.05, 4.69) is 5.32 Å². The number of amides is 2. The number of benzene rings is 1. The van der Waals surface area contributed by atoms with Crippen molar-refractivity contribution in [2.75, 3.05) is 13.1 Å². The molecule has 1 aromatic rings. The Hall–Kier alpha value is -2.41. The van der Waals surface area contributed by atoms with Gasteiger partial charge < -0.3 is 21.1 Å². The lowest BCUT2D eigenvalue weighted by molar-refractivity contribution is -0.151. The zero-order valence-electron chi connectivity index (χ0n) is 12.1. The molecule has 4 N–H and O–H groups in total. The fourth-order valence-electron chi connectivity index (χ4n) is 2.60. The fraction of sp³-hybridized carbons (Fsp3) is 0.400. The Labute approximate surface area is 128 Å². The molecule has 1 heterocycles. The number of nitrogens with two attached hydrogens (primary N) is 1. The van der Waals surface area contributed by atoms with Crippen LogP contribution in [-0.2, 0) is 9.59 Å². The minimum Gasteiger partial charge on any atom is -0.480 e. The number of carbonyl (C=O) groups excluding carboxylic acids is 2. The predicted molar refractivity (Wildman–Crippen MR) is 79.1 cm³/mol. The van der Waals surface area contributed by atoms with Gasteiger partial charge in [0.1, 0.15) is 6.04 Å². The van der Waals surface area contributed by atoms with Crippen LogP contribution in [0.4, 0.5) is 0 Å². The van der Waals surface area contributed by atoms with Crippen molar-refractivity contribution in [1.82, 2.24) is 10.2 Å². The first-order chi connectivity index (χ1) is 10.5. The lowest BCUT2D eigenvalue weighted by atomic mass is 9.96. The summed E-state index contributed by atoms with van der Waals surface area (Å²) in [6.07, 6.45) is 0.688. The highest BCUT2D eigenvalue weighted by molar-refractivity contribution is 5.94. The van der Waals surface area contributed by atoms with Gasteiger partial charge in [-0.1, -0.05) is 18.2 Å². The van der Waals surface area contributed by atoms with E-state index in [0.717, 1.165) is 0 Å². The minimum atomic E-state index is -1.08. The summed E-state index contributed by atoms with van der Waals surface area (Å²) < 4.78 is 0. The maximum atomic E-state index is 12.1. The number of nitrogens with one attached hydrogen (secondary N) is 1. The molecule has 22 heavy (non-hydrogen) atoms. The first kappa shape index (κ1) is 16.0. The molecular formula is C15H19N3O4. The van der Waals surface area contributed by atoms with Gasteiger partial charge in [-0.15, -0.1) is 0 Å². The number of hydrogen-bond acceptors (Lipinski definition) is 4. The molecule has 7 nitrogen and oxygen atoms in total. The van der Waals surface area contributed by atoms with Crippen molar-refractivity contribution >= 4 is 17.8 Å². The van der Waals surface area contributed by atoms with Crippen molar-refractivity contribution in [3.63, 3.8) is 0 Å². The number of hydrogen-bond donors (Lipinski definition) is 3. The molecule has 2 atom stereocenters. The van der Waals surface area contributed by atoms with Gasteiger partial charge in [0.2, 0.25) is 5.91 Å². The average Bonchev–Trinajstić information content (AvgIpc) is 2.54. The molecule has 1 aliphatic rings. The van der Waals surface area contributed by atoms with Crippen molar-refractivity contribution < 1.29 is 19.5 Å². The third-order valence-electron chi connectivity index (χ3n) is 3.75. The molecular weight excluding hydrogens is 286 g/mol. The Bertz CT molecular complexity index is 561. The Morgan fingerprint density at radius 3 is 2.55 bits per heavy atom. The molecule has 0 unspecified atom stereocenters. The molecule has 7 heteroatoms. The Morgan fingerprint density at radius 1 is 1.27 bits per heavy atom. The number of nitrogens with zero attached hydrogens (tertiary/aromatic N) is 1. The van der Waals surface area contributed by atoms with Gasteiger partial charge in [0.05, 0.1) is 6.54 Å². The summed E-state index contributed by atoms with van der Waals surface area (Å²) in [4.78, 5) is 36.4. The van der Waals surface area contributed by atoms with Gasteiger partial charge in [0, 0.05) is 18.2 Å². The normalized spacial score (nSPS) is 21.2. The number of carbonyl (C=O) groups is 3. The zero-order valence-corrected chi connectivity index (χ0v) is 12.1. The first-order valence-electron chi connectivity index (χ1n) is 7.11. The van der Waals surface area contributed by atoms with Crippen LogP contribution in [0.5, 0.6) is 0 Å². The third kappa shape index (κ3) is 3.62. The lowest BCUT2D eigenvalue weighted by Gasteiger charge is -2.37. The molecule has 0 radical (unpaired) electrons. The molecule has 118 valence electrons. The van der Waals surface area contributed by atoms with Crippen molar-refractivity contribution in [3.05, 3.63) is 35.9 Å². The Morgan fingerprint density at radius 2 is 1.95 bits per heavy atom. The van der Waals surface area contributed by atoms with Gasteiger partial charge in [-0.05, 0) is 25.0 Å². The maximum absolute atomic E-state index is 12.1. The minimum absolute atomic E-state index is 0.180. The molecule has 1 aliphatic heterocycles. The highest BCUT2D eigenvalue weighted by Gasteiger charge is 2.36. The molecule has 2 rings (SSSR count). The smallest absolute Gasteiger partial charge is 0.326 e. The highest BCUT2D eigenvalue weighted by Crippen LogP contribution is 2.18. The zero-order chi connectivity index (χ0) is 16.1. The summed E-state index contributed by atoms with van der Waals surface area (Å²) in [7, 11) is 0. The summed E-state index contributed by atoms with van der Waals surface area (Å²) in [5.41, 5.74) is 5.83. The third-order valence-corrected chi connectivity index (χ3v) is 3.75. The summed E-state index contributed by atoms with van der Waals surface area (Å²) >= 11 is 0. The number of carboxylic acid groups (broad SMARTS) is 1. The van der Waals surface area contributed by atoms with Crippen LogP contribution in [0.2, 0.25) is 0 Å². The van der Waals surface area contributed by atoms with Crippen LogP contribution in [0.25, 0.3) is 0 Å².